The van der Waals surface area contributed by atoms with Gasteiger partial charge in [0.05, 0.1) is 6.61 Å². The zero-order valence-corrected chi connectivity index (χ0v) is 6.69. The molecule has 0 rings (SSSR count). The van der Waals surface area contributed by atoms with Gasteiger partial charge in [-0.3, -0.25) is 0 Å². The van der Waals surface area contributed by atoms with Crippen molar-refractivity contribution >= 4 is 12.2 Å². The zero-order chi connectivity index (χ0) is 9.40. The predicted octanol–water partition coefficient (Wildman–Crippen LogP) is 2.05. The number of ether oxygens (including phenoxy) is 1. The molecule has 6 nitrogen and oxygen atoms in total. The molecule has 0 atom stereocenters. The van der Waals surface area contributed by atoms with E-state index in [1.165, 1.54) is 0 Å². The van der Waals surface area contributed by atoms with Crippen molar-refractivity contribution in [1.29, 1.82) is 0 Å². The van der Waals surface area contributed by atoms with Crippen molar-refractivity contribution in [3.8, 4) is 0 Å². The first kappa shape index (κ1) is 10.5. The molecule has 68 valence electrons. The van der Waals surface area contributed by atoms with Crippen LogP contribution in [0.2, 0.25) is 0 Å². The molecule has 0 aliphatic carbocycles. The van der Waals surface area contributed by atoms with Crippen LogP contribution >= 0.6 is 0 Å². The lowest BCUT2D eigenvalue weighted by Crippen LogP contribution is -2.00. The maximum Gasteiger partial charge on any atom is 0.452 e. The van der Waals surface area contributed by atoms with Gasteiger partial charge >= 0.3 is 12.2 Å². The van der Waals surface area contributed by atoms with Crippen LogP contribution < -0.4 is 0 Å². The molecule has 0 aliphatic heterocycles. The Morgan fingerprint density at radius 3 is 2.58 bits per heavy atom. The Kier molecular flexibility index (Phi) is 5.50. The second-order valence-corrected chi connectivity index (χ2v) is 1.95. The summed E-state index contributed by atoms with van der Waals surface area (Å²) in [6.07, 6.45) is -0.856. The third kappa shape index (κ3) is 6.66. The van der Waals surface area contributed by atoms with Crippen LogP contribution in [0.1, 0.15) is 19.8 Å². The molecule has 0 aromatic heterocycles. The van der Waals surface area contributed by atoms with Gasteiger partial charge in [0.25, 0.3) is 0 Å². The summed E-state index contributed by atoms with van der Waals surface area (Å²) in [5, 5.41) is 13.3. The molecule has 0 saturated carbocycles. The smallest absolute Gasteiger partial charge is 0.452 e. The maximum atomic E-state index is 10.5. The maximum absolute atomic E-state index is 10.5. The lowest BCUT2D eigenvalue weighted by molar-refractivity contribution is 0.152. The average Bonchev–Trinajstić information content (AvgIpc) is 2.01. The standard InChI is InChI=1S/C6H10N2O4/c1-2-3-4-12-6(11)8-7-5(9)10/h2-4H2,1H3,(H,9,10)/b8-7-. The summed E-state index contributed by atoms with van der Waals surface area (Å²) in [5.41, 5.74) is 0. The van der Waals surface area contributed by atoms with Gasteiger partial charge in [-0.15, -0.1) is 0 Å². The van der Waals surface area contributed by atoms with Crippen LogP contribution in [-0.4, -0.2) is 23.9 Å². The highest BCUT2D eigenvalue weighted by molar-refractivity contribution is 5.71. The van der Waals surface area contributed by atoms with Gasteiger partial charge in [0.15, 0.2) is 0 Å². The van der Waals surface area contributed by atoms with Gasteiger partial charge in [-0.25, -0.2) is 9.59 Å². The molecule has 0 aromatic rings. The van der Waals surface area contributed by atoms with Crippen molar-refractivity contribution < 1.29 is 19.4 Å². The molecule has 0 radical (unpaired) electrons. The second-order valence-electron chi connectivity index (χ2n) is 1.95. The Balaban J connectivity index is 3.53. The molecule has 12 heavy (non-hydrogen) atoms. The molecule has 0 heterocycles. The van der Waals surface area contributed by atoms with Crippen molar-refractivity contribution in [3.05, 3.63) is 0 Å². The van der Waals surface area contributed by atoms with Crippen LogP contribution in [-0.2, 0) is 4.74 Å². The van der Waals surface area contributed by atoms with E-state index < -0.39 is 12.2 Å². The Bertz CT molecular complexity index is 190. The molecule has 0 aromatic carbocycles. The molecular weight excluding hydrogens is 164 g/mol. The fourth-order valence-electron chi connectivity index (χ4n) is 0.416. The van der Waals surface area contributed by atoms with E-state index >= 15 is 0 Å². The summed E-state index contributed by atoms with van der Waals surface area (Å²) < 4.78 is 4.47. The molecular formula is C6H10N2O4. The third-order valence-electron chi connectivity index (χ3n) is 0.941. The summed E-state index contributed by atoms with van der Waals surface area (Å²) in [6.45, 7) is 2.18. The van der Waals surface area contributed by atoms with Gasteiger partial charge in [-0.05, 0) is 6.42 Å². The first-order valence-electron chi connectivity index (χ1n) is 3.48. The molecule has 6 heteroatoms. The van der Waals surface area contributed by atoms with Crippen LogP contribution in [0, 0.1) is 0 Å². The highest BCUT2D eigenvalue weighted by Gasteiger charge is 1.99. The zero-order valence-electron chi connectivity index (χ0n) is 6.69. The molecule has 0 bridgehead atoms. The van der Waals surface area contributed by atoms with E-state index in [0.717, 1.165) is 12.8 Å². The minimum atomic E-state index is -1.51. The average molecular weight is 174 g/mol. The van der Waals surface area contributed by atoms with E-state index in [9.17, 15) is 9.59 Å². The molecule has 2 amide bonds. The first-order valence-corrected chi connectivity index (χ1v) is 3.48. The highest BCUT2D eigenvalue weighted by atomic mass is 16.5. The number of carboxylic acid groups (broad SMARTS) is 1. The van der Waals surface area contributed by atoms with Crippen molar-refractivity contribution in [2.24, 2.45) is 10.2 Å². The van der Waals surface area contributed by atoms with Gasteiger partial charge in [0, 0.05) is 0 Å². The summed E-state index contributed by atoms with van der Waals surface area (Å²) >= 11 is 0. The number of carbonyl (C=O) groups excluding carboxylic acids is 1. The van der Waals surface area contributed by atoms with E-state index in [4.69, 9.17) is 5.11 Å². The molecule has 1 N–H and O–H groups in total. The molecule has 0 fully saturated rings. The molecule has 0 spiro atoms. The lowest BCUT2D eigenvalue weighted by atomic mass is 10.4. The summed E-state index contributed by atoms with van der Waals surface area (Å²) in [6, 6.07) is 0. The van der Waals surface area contributed by atoms with Gasteiger partial charge < -0.3 is 9.84 Å². The minimum absolute atomic E-state index is 0.244. The summed E-state index contributed by atoms with van der Waals surface area (Å²) in [5.74, 6) is 0. The fourth-order valence-corrected chi connectivity index (χ4v) is 0.416. The monoisotopic (exact) mass is 174 g/mol. The number of azo groups is 1. The van der Waals surface area contributed by atoms with Crippen molar-refractivity contribution in [3.63, 3.8) is 0 Å². The lowest BCUT2D eigenvalue weighted by Gasteiger charge is -1.96. The van der Waals surface area contributed by atoms with Gasteiger partial charge in [0.1, 0.15) is 0 Å². The van der Waals surface area contributed by atoms with E-state index in [1.807, 2.05) is 6.92 Å². The van der Waals surface area contributed by atoms with E-state index in [1.54, 1.807) is 0 Å². The minimum Gasteiger partial charge on any atom is -0.462 e. The fraction of sp³-hybridized carbons (Fsp3) is 0.667. The Morgan fingerprint density at radius 2 is 2.08 bits per heavy atom. The summed E-state index contributed by atoms with van der Waals surface area (Å²) in [7, 11) is 0. The number of hydrogen-bond acceptors (Lipinski definition) is 3. The number of amides is 2. The molecule has 0 aliphatic rings. The van der Waals surface area contributed by atoms with Gasteiger partial charge in [-0.1, -0.05) is 23.6 Å². The molecule has 0 unspecified atom stereocenters. The van der Waals surface area contributed by atoms with Gasteiger partial charge in [0.2, 0.25) is 0 Å². The Hall–Kier alpha value is -1.46. The van der Waals surface area contributed by atoms with Crippen molar-refractivity contribution in [1.82, 2.24) is 0 Å². The van der Waals surface area contributed by atoms with Crippen LogP contribution in [0.4, 0.5) is 9.59 Å². The van der Waals surface area contributed by atoms with Crippen LogP contribution in [0.25, 0.3) is 0 Å². The largest absolute Gasteiger partial charge is 0.462 e. The number of rotatable bonds is 3. The second kappa shape index (κ2) is 6.26. The molecule has 0 saturated heterocycles. The van der Waals surface area contributed by atoms with Crippen LogP contribution in [0.15, 0.2) is 10.2 Å². The van der Waals surface area contributed by atoms with Gasteiger partial charge in [-0.2, -0.15) is 0 Å². The Morgan fingerprint density at radius 1 is 1.42 bits per heavy atom. The number of carbonyl (C=O) groups is 2. The predicted molar refractivity (Wildman–Crippen MR) is 39.1 cm³/mol. The van der Waals surface area contributed by atoms with Crippen molar-refractivity contribution in [2.75, 3.05) is 6.61 Å². The van der Waals surface area contributed by atoms with E-state index in [2.05, 4.69) is 15.0 Å². The first-order chi connectivity index (χ1) is 5.66. The number of unbranched alkanes of at least 4 members (excludes halogenated alkanes) is 1. The SMILES string of the molecule is CCCCOC(=O)/N=N\C(=O)O. The highest BCUT2D eigenvalue weighted by Crippen LogP contribution is 1.91. The Labute approximate surface area is 69.2 Å². The topological polar surface area (TPSA) is 88.3 Å². The van der Waals surface area contributed by atoms with Crippen molar-refractivity contribution in [2.45, 2.75) is 19.8 Å². The van der Waals surface area contributed by atoms with Crippen LogP contribution in [0.5, 0.6) is 0 Å². The summed E-state index contributed by atoms with van der Waals surface area (Å²) in [4.78, 5) is 20.2. The quantitative estimate of drug-likeness (QED) is 0.523. The number of hydrogen-bond donors (Lipinski definition) is 1. The van der Waals surface area contributed by atoms with E-state index in [-0.39, 0.29) is 6.61 Å². The normalized spacial score (nSPS) is 10.1. The van der Waals surface area contributed by atoms with Crippen LogP contribution in [0.3, 0.4) is 0 Å². The van der Waals surface area contributed by atoms with E-state index in [0.29, 0.717) is 0 Å². The third-order valence-corrected chi connectivity index (χ3v) is 0.941. The number of nitrogens with zero attached hydrogens (tertiary/aromatic N) is 2.